The lowest BCUT2D eigenvalue weighted by Crippen LogP contribution is -2.20. The van der Waals surface area contributed by atoms with Gasteiger partial charge in [0, 0.05) is 27.4 Å². The van der Waals surface area contributed by atoms with Crippen molar-refractivity contribution >= 4 is 11.8 Å². The first-order valence-electron chi connectivity index (χ1n) is 5.18. The monoisotopic (exact) mass is 221 g/mol. The lowest BCUT2D eigenvalue weighted by molar-refractivity contribution is 0.199. The normalized spacial score (nSPS) is 10.7. The molecule has 0 aromatic carbocycles. The Balaban J connectivity index is 2.78. The molecule has 0 heterocycles. The molecule has 3 nitrogen and oxygen atoms in total. The molecule has 14 heavy (non-hydrogen) atoms. The summed E-state index contributed by atoms with van der Waals surface area (Å²) < 4.78 is 9.91. The molecule has 0 radical (unpaired) electrons. The average molecular weight is 221 g/mol. The second kappa shape index (κ2) is 13.2. The Labute approximate surface area is 91.9 Å². The van der Waals surface area contributed by atoms with Crippen LogP contribution < -0.4 is 5.32 Å². The van der Waals surface area contributed by atoms with Crippen molar-refractivity contribution in [3.8, 4) is 0 Å². The van der Waals surface area contributed by atoms with Crippen molar-refractivity contribution in [1.82, 2.24) is 5.32 Å². The molecule has 4 heteroatoms. The summed E-state index contributed by atoms with van der Waals surface area (Å²) >= 11 is 2.01. The fourth-order valence-corrected chi connectivity index (χ4v) is 1.88. The van der Waals surface area contributed by atoms with Gasteiger partial charge in [-0.1, -0.05) is 0 Å². The Morgan fingerprint density at radius 1 is 0.929 bits per heavy atom. The van der Waals surface area contributed by atoms with Crippen molar-refractivity contribution in [2.24, 2.45) is 0 Å². The molecule has 0 rings (SSSR count). The molecule has 0 spiro atoms. The number of nitrogens with one attached hydrogen (secondary N) is 1. The van der Waals surface area contributed by atoms with Crippen LogP contribution in [0.1, 0.15) is 12.8 Å². The number of thioether (sulfide) groups is 1. The van der Waals surface area contributed by atoms with E-state index in [9.17, 15) is 0 Å². The van der Waals surface area contributed by atoms with Crippen LogP contribution in [0.25, 0.3) is 0 Å². The van der Waals surface area contributed by atoms with Crippen LogP contribution in [-0.2, 0) is 9.47 Å². The Morgan fingerprint density at radius 3 is 2.36 bits per heavy atom. The maximum atomic E-state index is 4.97. The third kappa shape index (κ3) is 12.2. The molecule has 86 valence electrons. The Morgan fingerprint density at radius 2 is 1.64 bits per heavy atom. The largest absolute Gasteiger partial charge is 0.385 e. The molecule has 0 unspecified atom stereocenters. The van der Waals surface area contributed by atoms with Gasteiger partial charge in [-0.3, -0.25) is 0 Å². The van der Waals surface area contributed by atoms with Crippen molar-refractivity contribution in [1.29, 1.82) is 0 Å². The van der Waals surface area contributed by atoms with Crippen LogP contribution in [0.5, 0.6) is 0 Å². The molecular formula is C10H23NO2S. The molecule has 0 fully saturated rings. The maximum absolute atomic E-state index is 4.97. The Kier molecular flexibility index (Phi) is 13.4. The van der Waals surface area contributed by atoms with E-state index in [1.807, 2.05) is 11.8 Å². The highest BCUT2D eigenvalue weighted by atomic mass is 32.2. The van der Waals surface area contributed by atoms with Crippen LogP contribution in [0, 0.1) is 0 Å². The third-order valence-corrected chi connectivity index (χ3v) is 2.92. The fraction of sp³-hybridized carbons (Fsp3) is 1.00. The van der Waals surface area contributed by atoms with Gasteiger partial charge in [-0.05, 0) is 30.9 Å². The van der Waals surface area contributed by atoms with Crippen molar-refractivity contribution in [3.63, 3.8) is 0 Å². The van der Waals surface area contributed by atoms with Crippen molar-refractivity contribution in [2.45, 2.75) is 12.8 Å². The van der Waals surface area contributed by atoms with E-state index in [4.69, 9.17) is 9.47 Å². The Hall–Kier alpha value is 0.230. The summed E-state index contributed by atoms with van der Waals surface area (Å²) in [5.41, 5.74) is 0. The highest BCUT2D eigenvalue weighted by Crippen LogP contribution is 2.03. The van der Waals surface area contributed by atoms with Gasteiger partial charge >= 0.3 is 0 Å². The average Bonchev–Trinajstić information content (AvgIpc) is 2.21. The fourth-order valence-electron chi connectivity index (χ4n) is 1.01. The van der Waals surface area contributed by atoms with Gasteiger partial charge in [0.25, 0.3) is 0 Å². The first-order valence-corrected chi connectivity index (χ1v) is 6.33. The van der Waals surface area contributed by atoms with Crippen LogP contribution in [0.2, 0.25) is 0 Å². The molecule has 0 bridgehead atoms. The molecule has 0 saturated carbocycles. The van der Waals surface area contributed by atoms with Gasteiger partial charge in [-0.25, -0.2) is 0 Å². The summed E-state index contributed by atoms with van der Waals surface area (Å²) in [6, 6.07) is 0. The second-order valence-corrected chi connectivity index (χ2v) is 4.28. The van der Waals surface area contributed by atoms with E-state index < -0.39 is 0 Å². The summed E-state index contributed by atoms with van der Waals surface area (Å²) in [6.07, 6.45) is 2.40. The SMILES string of the molecule is COCCCSCCCNCCOC. The predicted octanol–water partition coefficient (Wildman–Crippen LogP) is 1.38. The lowest BCUT2D eigenvalue weighted by Gasteiger charge is -2.03. The van der Waals surface area contributed by atoms with Crippen LogP contribution >= 0.6 is 11.8 Å². The van der Waals surface area contributed by atoms with Crippen LogP contribution in [-0.4, -0.2) is 52.0 Å². The van der Waals surface area contributed by atoms with Gasteiger partial charge in [0.15, 0.2) is 0 Å². The Bertz CT molecular complexity index is 92.1. The molecule has 0 atom stereocenters. The molecule has 0 aromatic heterocycles. The molecule has 0 aliphatic carbocycles. The van der Waals surface area contributed by atoms with E-state index in [1.165, 1.54) is 17.9 Å². The molecule has 0 aliphatic heterocycles. The quantitative estimate of drug-likeness (QED) is 0.534. The van der Waals surface area contributed by atoms with E-state index in [2.05, 4.69) is 5.32 Å². The zero-order valence-electron chi connectivity index (χ0n) is 9.38. The van der Waals surface area contributed by atoms with Gasteiger partial charge < -0.3 is 14.8 Å². The van der Waals surface area contributed by atoms with E-state index in [0.29, 0.717) is 0 Å². The first kappa shape index (κ1) is 14.2. The van der Waals surface area contributed by atoms with Gasteiger partial charge in [0.05, 0.1) is 6.61 Å². The minimum absolute atomic E-state index is 0.807. The van der Waals surface area contributed by atoms with Crippen LogP contribution in [0.3, 0.4) is 0 Å². The molecule has 0 saturated heterocycles. The van der Waals surface area contributed by atoms with Crippen molar-refractivity contribution in [2.75, 3.05) is 52.0 Å². The van der Waals surface area contributed by atoms with Crippen molar-refractivity contribution in [3.05, 3.63) is 0 Å². The smallest absolute Gasteiger partial charge is 0.0587 e. The number of hydrogen-bond acceptors (Lipinski definition) is 4. The van der Waals surface area contributed by atoms with E-state index >= 15 is 0 Å². The molecule has 0 amide bonds. The highest BCUT2D eigenvalue weighted by Gasteiger charge is 1.90. The molecule has 0 aromatic rings. The van der Waals surface area contributed by atoms with Crippen LogP contribution in [0.15, 0.2) is 0 Å². The number of hydrogen-bond donors (Lipinski definition) is 1. The molecule has 1 N–H and O–H groups in total. The summed E-state index contributed by atoms with van der Waals surface area (Å²) in [4.78, 5) is 0. The first-order chi connectivity index (χ1) is 6.91. The number of methoxy groups -OCH3 is 2. The molecule has 0 aliphatic rings. The second-order valence-electron chi connectivity index (χ2n) is 3.06. The van der Waals surface area contributed by atoms with Gasteiger partial charge in [-0.15, -0.1) is 0 Å². The summed E-state index contributed by atoms with van der Waals surface area (Å²) in [7, 11) is 3.48. The minimum Gasteiger partial charge on any atom is -0.385 e. The third-order valence-electron chi connectivity index (χ3n) is 1.76. The zero-order valence-corrected chi connectivity index (χ0v) is 10.2. The summed E-state index contributed by atoms with van der Waals surface area (Å²) in [5, 5.41) is 3.33. The zero-order chi connectivity index (χ0) is 10.5. The maximum Gasteiger partial charge on any atom is 0.0587 e. The standard InChI is InChI=1S/C10H23NO2S/c1-12-7-4-10-14-9-3-5-11-6-8-13-2/h11H,3-10H2,1-2H3. The highest BCUT2D eigenvalue weighted by molar-refractivity contribution is 7.99. The lowest BCUT2D eigenvalue weighted by atomic mass is 10.5. The van der Waals surface area contributed by atoms with E-state index in [-0.39, 0.29) is 0 Å². The van der Waals surface area contributed by atoms with E-state index in [1.54, 1.807) is 14.2 Å². The molecular weight excluding hydrogens is 198 g/mol. The van der Waals surface area contributed by atoms with Crippen molar-refractivity contribution < 1.29 is 9.47 Å². The number of rotatable bonds is 11. The minimum atomic E-state index is 0.807. The van der Waals surface area contributed by atoms with Gasteiger partial charge in [0.2, 0.25) is 0 Å². The predicted molar refractivity (Wildman–Crippen MR) is 63.2 cm³/mol. The summed E-state index contributed by atoms with van der Waals surface area (Å²) in [6.45, 7) is 3.76. The van der Waals surface area contributed by atoms with E-state index in [0.717, 1.165) is 32.7 Å². The summed E-state index contributed by atoms with van der Waals surface area (Å²) in [5.74, 6) is 2.45. The van der Waals surface area contributed by atoms with Crippen LogP contribution in [0.4, 0.5) is 0 Å². The van der Waals surface area contributed by atoms with Gasteiger partial charge in [-0.2, -0.15) is 11.8 Å². The van der Waals surface area contributed by atoms with Gasteiger partial charge in [0.1, 0.15) is 0 Å². The topological polar surface area (TPSA) is 30.5 Å². The number of ether oxygens (including phenoxy) is 2.